The fourth-order valence-corrected chi connectivity index (χ4v) is 4.77. The highest BCUT2D eigenvalue weighted by atomic mass is 32.1. The molecule has 0 saturated carbocycles. The van der Waals surface area contributed by atoms with Crippen molar-refractivity contribution in [2.45, 2.75) is 32.6 Å². The molecule has 0 radical (unpaired) electrons. The maximum absolute atomic E-state index is 4.50. The van der Waals surface area contributed by atoms with Crippen molar-refractivity contribution in [3.8, 4) is 0 Å². The monoisotopic (exact) mass is 316 g/mol. The van der Waals surface area contributed by atoms with Crippen LogP contribution in [0.25, 0.3) is 10.2 Å². The normalized spacial score (nSPS) is 13.8. The number of aryl methyl sites for hydroxylation is 3. The van der Waals surface area contributed by atoms with Gasteiger partial charge in [0.2, 0.25) is 0 Å². The first-order valence-electron chi connectivity index (χ1n) is 7.21. The lowest BCUT2D eigenvalue weighted by molar-refractivity contribution is 0.916. The zero-order chi connectivity index (χ0) is 14.2. The average molecular weight is 316 g/mol. The van der Waals surface area contributed by atoms with Crippen molar-refractivity contribution in [3.63, 3.8) is 0 Å². The molecule has 0 amide bonds. The van der Waals surface area contributed by atoms with Gasteiger partial charge in [-0.2, -0.15) is 0 Å². The van der Waals surface area contributed by atoms with Gasteiger partial charge in [-0.05, 0) is 31.7 Å². The second kappa shape index (κ2) is 5.35. The first-order valence-corrected chi connectivity index (χ1v) is 8.91. The van der Waals surface area contributed by atoms with Gasteiger partial charge >= 0.3 is 0 Å². The maximum atomic E-state index is 4.50. The molecule has 1 aliphatic rings. The molecular weight excluding hydrogens is 300 g/mol. The molecular formula is C15H16N4S2. The highest BCUT2D eigenvalue weighted by Crippen LogP contribution is 2.38. The summed E-state index contributed by atoms with van der Waals surface area (Å²) in [7, 11) is 0. The summed E-state index contributed by atoms with van der Waals surface area (Å²) in [5, 5.41) is 8.00. The van der Waals surface area contributed by atoms with Gasteiger partial charge in [-0.25, -0.2) is 15.0 Å². The van der Waals surface area contributed by atoms with E-state index >= 15 is 0 Å². The zero-order valence-corrected chi connectivity index (χ0v) is 13.5. The number of fused-ring (bicyclic) bond motifs is 3. The van der Waals surface area contributed by atoms with Crippen molar-refractivity contribution >= 4 is 38.7 Å². The Morgan fingerprint density at radius 2 is 2.24 bits per heavy atom. The van der Waals surface area contributed by atoms with Crippen LogP contribution in [0.3, 0.4) is 0 Å². The van der Waals surface area contributed by atoms with Crippen LogP contribution in [0.4, 0.5) is 5.82 Å². The number of nitrogens with one attached hydrogen (secondary N) is 1. The molecule has 0 spiro atoms. The van der Waals surface area contributed by atoms with Gasteiger partial charge in [0.1, 0.15) is 17.0 Å². The molecule has 0 aliphatic heterocycles. The van der Waals surface area contributed by atoms with E-state index in [1.807, 2.05) is 18.3 Å². The summed E-state index contributed by atoms with van der Waals surface area (Å²) < 4.78 is 0. The molecule has 1 aliphatic carbocycles. The van der Waals surface area contributed by atoms with Gasteiger partial charge in [0.05, 0.1) is 16.1 Å². The number of hydrogen-bond donors (Lipinski definition) is 1. The quantitative estimate of drug-likeness (QED) is 0.799. The third kappa shape index (κ3) is 2.42. The summed E-state index contributed by atoms with van der Waals surface area (Å²) in [5.41, 5.74) is 2.63. The van der Waals surface area contributed by atoms with E-state index in [4.69, 9.17) is 0 Å². The Morgan fingerprint density at radius 1 is 1.29 bits per heavy atom. The molecule has 21 heavy (non-hydrogen) atoms. The topological polar surface area (TPSA) is 50.7 Å². The standard InChI is InChI=1S/C15H16N4S2/c1-9-19-10(7-20-9)5-6-16-14-13-11-3-2-4-12(11)21-15(13)18-8-17-14/h7-8H,2-6H2,1H3,(H,16,17,18). The number of thiazole rings is 1. The van der Waals surface area contributed by atoms with E-state index in [1.165, 1.54) is 35.1 Å². The van der Waals surface area contributed by atoms with Gasteiger partial charge in [0.15, 0.2) is 0 Å². The Hall–Kier alpha value is -1.53. The summed E-state index contributed by atoms with van der Waals surface area (Å²) in [6, 6.07) is 0. The largest absolute Gasteiger partial charge is 0.369 e. The van der Waals surface area contributed by atoms with Crippen molar-refractivity contribution in [2.24, 2.45) is 0 Å². The Labute approximate surface area is 131 Å². The van der Waals surface area contributed by atoms with Crippen LogP contribution in [-0.4, -0.2) is 21.5 Å². The molecule has 4 nitrogen and oxygen atoms in total. The number of hydrogen-bond acceptors (Lipinski definition) is 6. The van der Waals surface area contributed by atoms with Crippen molar-refractivity contribution in [1.29, 1.82) is 0 Å². The van der Waals surface area contributed by atoms with Crippen LogP contribution in [0.5, 0.6) is 0 Å². The first kappa shape index (κ1) is 13.2. The summed E-state index contributed by atoms with van der Waals surface area (Å²) >= 11 is 3.54. The smallest absolute Gasteiger partial charge is 0.138 e. The second-order valence-corrected chi connectivity index (χ2v) is 7.44. The molecule has 4 rings (SSSR count). The molecule has 3 heterocycles. The third-order valence-electron chi connectivity index (χ3n) is 3.84. The average Bonchev–Trinajstić information content (AvgIpc) is 3.14. The van der Waals surface area contributed by atoms with E-state index < -0.39 is 0 Å². The predicted molar refractivity (Wildman–Crippen MR) is 88.5 cm³/mol. The van der Waals surface area contributed by atoms with Crippen molar-refractivity contribution < 1.29 is 0 Å². The Kier molecular flexibility index (Phi) is 3.35. The minimum Gasteiger partial charge on any atom is -0.369 e. The van der Waals surface area contributed by atoms with E-state index in [2.05, 4.69) is 25.6 Å². The lowest BCUT2D eigenvalue weighted by atomic mass is 10.2. The summed E-state index contributed by atoms with van der Waals surface area (Å²) in [6.07, 6.45) is 6.24. The number of rotatable bonds is 4. The predicted octanol–water partition coefficient (Wildman–Crippen LogP) is 3.60. The van der Waals surface area contributed by atoms with E-state index in [0.717, 1.165) is 34.3 Å². The molecule has 0 atom stereocenters. The summed E-state index contributed by atoms with van der Waals surface area (Å²) in [6.45, 7) is 2.91. The maximum Gasteiger partial charge on any atom is 0.138 e. The summed E-state index contributed by atoms with van der Waals surface area (Å²) in [5.74, 6) is 0.992. The molecule has 0 unspecified atom stereocenters. The van der Waals surface area contributed by atoms with E-state index in [1.54, 1.807) is 17.7 Å². The number of anilines is 1. The Balaban J connectivity index is 1.56. The molecule has 1 N–H and O–H groups in total. The lowest BCUT2D eigenvalue weighted by Gasteiger charge is -2.06. The molecule has 0 aromatic carbocycles. The lowest BCUT2D eigenvalue weighted by Crippen LogP contribution is -2.07. The fraction of sp³-hybridized carbons (Fsp3) is 0.400. The van der Waals surface area contributed by atoms with Crippen LogP contribution in [0.1, 0.15) is 27.6 Å². The molecule has 0 fully saturated rings. The second-order valence-electron chi connectivity index (χ2n) is 5.29. The highest BCUT2D eigenvalue weighted by Gasteiger charge is 2.20. The van der Waals surface area contributed by atoms with E-state index in [0.29, 0.717) is 0 Å². The van der Waals surface area contributed by atoms with E-state index in [-0.39, 0.29) is 0 Å². The van der Waals surface area contributed by atoms with Crippen LogP contribution in [-0.2, 0) is 19.3 Å². The van der Waals surface area contributed by atoms with Gasteiger partial charge in [-0.1, -0.05) is 0 Å². The van der Waals surface area contributed by atoms with Crippen LogP contribution in [0.2, 0.25) is 0 Å². The van der Waals surface area contributed by atoms with Crippen LogP contribution >= 0.6 is 22.7 Å². The Morgan fingerprint density at radius 3 is 3.10 bits per heavy atom. The van der Waals surface area contributed by atoms with Crippen LogP contribution < -0.4 is 5.32 Å². The number of thiophene rings is 1. The van der Waals surface area contributed by atoms with E-state index in [9.17, 15) is 0 Å². The number of aromatic nitrogens is 3. The van der Waals surface area contributed by atoms with Gasteiger partial charge in [0, 0.05) is 23.2 Å². The minimum atomic E-state index is 0.861. The summed E-state index contributed by atoms with van der Waals surface area (Å²) in [4.78, 5) is 16.0. The Bertz CT molecular complexity index is 790. The first-order chi connectivity index (χ1) is 10.3. The molecule has 0 bridgehead atoms. The van der Waals surface area contributed by atoms with Crippen molar-refractivity contribution in [2.75, 3.05) is 11.9 Å². The highest BCUT2D eigenvalue weighted by molar-refractivity contribution is 7.19. The minimum absolute atomic E-state index is 0.861. The van der Waals surface area contributed by atoms with Gasteiger partial charge in [-0.15, -0.1) is 22.7 Å². The van der Waals surface area contributed by atoms with Gasteiger partial charge in [-0.3, -0.25) is 0 Å². The molecule has 108 valence electrons. The van der Waals surface area contributed by atoms with Gasteiger partial charge < -0.3 is 5.32 Å². The molecule has 3 aromatic rings. The SMILES string of the molecule is Cc1nc(CCNc2ncnc3sc4c(c23)CCC4)cs1. The van der Waals surface area contributed by atoms with Crippen molar-refractivity contribution in [3.05, 3.63) is 32.8 Å². The van der Waals surface area contributed by atoms with Crippen LogP contribution in [0, 0.1) is 6.92 Å². The fourth-order valence-electron chi connectivity index (χ4n) is 2.89. The zero-order valence-electron chi connectivity index (χ0n) is 11.8. The molecule has 6 heteroatoms. The van der Waals surface area contributed by atoms with Gasteiger partial charge in [0.25, 0.3) is 0 Å². The van der Waals surface area contributed by atoms with Crippen molar-refractivity contribution in [1.82, 2.24) is 15.0 Å². The van der Waals surface area contributed by atoms with Crippen LogP contribution in [0.15, 0.2) is 11.7 Å². The third-order valence-corrected chi connectivity index (χ3v) is 5.86. The molecule has 3 aromatic heterocycles. The number of nitrogens with zero attached hydrogens (tertiary/aromatic N) is 3. The molecule has 0 saturated heterocycles.